The van der Waals surface area contributed by atoms with E-state index in [4.69, 9.17) is 15.0 Å². The summed E-state index contributed by atoms with van der Waals surface area (Å²) in [5.41, 5.74) is 14.0. The SMILES string of the molecule is N#Cc1ccc(-c2cc3c(cc2-c2nc(-c4ccccc4)nc(-c4ccc(-c5ccccc5)cc4)n2)-c2ccccc2C3(c2ccccc2)c2ccccc2)cc1. The predicted octanol–water partition coefficient (Wildman–Crippen LogP) is 12.4. The quantitative estimate of drug-likeness (QED) is 0.164. The summed E-state index contributed by atoms with van der Waals surface area (Å²) < 4.78 is 0. The van der Waals surface area contributed by atoms with E-state index >= 15 is 0 Å². The number of benzene rings is 8. The number of nitriles is 1. The molecule has 0 bridgehead atoms. The van der Waals surface area contributed by atoms with E-state index in [1.165, 1.54) is 27.8 Å². The molecule has 1 aliphatic carbocycles. The lowest BCUT2D eigenvalue weighted by atomic mass is 9.67. The second kappa shape index (κ2) is 14.2. The van der Waals surface area contributed by atoms with Gasteiger partial charge in [0.15, 0.2) is 17.5 Å². The highest BCUT2D eigenvalue weighted by Crippen LogP contribution is 2.57. The van der Waals surface area contributed by atoms with Crippen LogP contribution in [0.2, 0.25) is 0 Å². The molecule has 0 saturated carbocycles. The minimum Gasteiger partial charge on any atom is -0.208 e. The molecule has 0 atom stereocenters. The average molecular weight is 727 g/mol. The first kappa shape index (κ1) is 33.8. The molecule has 1 aromatic heterocycles. The normalized spacial score (nSPS) is 12.3. The van der Waals surface area contributed by atoms with Crippen molar-refractivity contribution in [2.75, 3.05) is 0 Å². The lowest BCUT2D eigenvalue weighted by Gasteiger charge is -2.34. The van der Waals surface area contributed by atoms with Gasteiger partial charge in [0, 0.05) is 16.7 Å². The van der Waals surface area contributed by atoms with Crippen molar-refractivity contribution in [1.29, 1.82) is 5.26 Å². The van der Waals surface area contributed by atoms with Gasteiger partial charge in [-0.3, -0.25) is 0 Å². The van der Waals surface area contributed by atoms with Gasteiger partial charge in [0.25, 0.3) is 0 Å². The van der Waals surface area contributed by atoms with Crippen molar-refractivity contribution in [3.05, 3.63) is 234 Å². The topological polar surface area (TPSA) is 62.5 Å². The van der Waals surface area contributed by atoms with Gasteiger partial charge in [-0.1, -0.05) is 182 Å². The third kappa shape index (κ3) is 5.82. The van der Waals surface area contributed by atoms with Crippen LogP contribution in [-0.4, -0.2) is 15.0 Å². The van der Waals surface area contributed by atoms with E-state index in [0.29, 0.717) is 23.0 Å². The van der Waals surface area contributed by atoms with Crippen LogP contribution in [0.15, 0.2) is 206 Å². The second-order valence-corrected chi connectivity index (χ2v) is 14.3. The highest BCUT2D eigenvalue weighted by Gasteiger charge is 2.46. The van der Waals surface area contributed by atoms with Crippen LogP contribution in [0.1, 0.15) is 27.8 Å². The van der Waals surface area contributed by atoms with Crippen LogP contribution in [0.4, 0.5) is 0 Å². The number of hydrogen-bond donors (Lipinski definition) is 0. The summed E-state index contributed by atoms with van der Waals surface area (Å²) in [6, 6.07) is 74.0. The van der Waals surface area contributed by atoms with Gasteiger partial charge in [-0.25, -0.2) is 15.0 Å². The molecule has 0 N–H and O–H groups in total. The maximum absolute atomic E-state index is 9.76. The Morgan fingerprint density at radius 1 is 0.333 bits per heavy atom. The van der Waals surface area contributed by atoms with Crippen LogP contribution in [0.3, 0.4) is 0 Å². The van der Waals surface area contributed by atoms with E-state index in [1.54, 1.807) is 0 Å². The third-order valence-electron chi connectivity index (χ3n) is 11.1. The number of rotatable bonds is 7. The third-order valence-corrected chi connectivity index (χ3v) is 11.1. The molecule has 266 valence electrons. The molecule has 0 aliphatic heterocycles. The summed E-state index contributed by atoms with van der Waals surface area (Å²) >= 11 is 0. The fraction of sp³-hybridized carbons (Fsp3) is 0.0189. The molecule has 8 aromatic carbocycles. The predicted molar refractivity (Wildman–Crippen MR) is 229 cm³/mol. The Morgan fingerprint density at radius 3 is 1.39 bits per heavy atom. The molecule has 57 heavy (non-hydrogen) atoms. The summed E-state index contributed by atoms with van der Waals surface area (Å²) in [6.45, 7) is 0. The summed E-state index contributed by atoms with van der Waals surface area (Å²) in [6.07, 6.45) is 0. The smallest absolute Gasteiger partial charge is 0.164 e. The Kier molecular flexibility index (Phi) is 8.39. The monoisotopic (exact) mass is 726 g/mol. The molecule has 0 unspecified atom stereocenters. The molecule has 0 radical (unpaired) electrons. The molecular formula is C53H34N4. The molecular weight excluding hydrogens is 693 g/mol. The molecule has 1 aliphatic rings. The second-order valence-electron chi connectivity index (χ2n) is 14.3. The van der Waals surface area contributed by atoms with Crippen LogP contribution in [0.25, 0.3) is 67.5 Å². The Bertz CT molecular complexity index is 2880. The molecule has 0 spiro atoms. The fourth-order valence-electron chi connectivity index (χ4n) is 8.42. The number of nitrogens with zero attached hydrogens (tertiary/aromatic N) is 4. The van der Waals surface area contributed by atoms with Crippen molar-refractivity contribution < 1.29 is 0 Å². The Balaban J connectivity index is 1.26. The lowest BCUT2D eigenvalue weighted by molar-refractivity contribution is 0.769. The van der Waals surface area contributed by atoms with Crippen LogP contribution in [0, 0.1) is 11.3 Å². The lowest BCUT2D eigenvalue weighted by Crippen LogP contribution is -2.28. The van der Waals surface area contributed by atoms with Gasteiger partial charge in [-0.05, 0) is 79.9 Å². The van der Waals surface area contributed by atoms with E-state index in [0.717, 1.165) is 44.5 Å². The molecule has 4 heteroatoms. The number of fused-ring (bicyclic) bond motifs is 3. The molecule has 0 amide bonds. The van der Waals surface area contributed by atoms with Crippen LogP contribution in [-0.2, 0) is 5.41 Å². The molecule has 0 saturated heterocycles. The molecule has 10 rings (SSSR count). The number of hydrogen-bond acceptors (Lipinski definition) is 4. The van der Waals surface area contributed by atoms with Crippen molar-refractivity contribution in [2.24, 2.45) is 0 Å². The molecule has 4 nitrogen and oxygen atoms in total. The maximum Gasteiger partial charge on any atom is 0.164 e. The minimum atomic E-state index is -0.589. The van der Waals surface area contributed by atoms with Crippen LogP contribution in [0.5, 0.6) is 0 Å². The van der Waals surface area contributed by atoms with E-state index < -0.39 is 5.41 Å². The van der Waals surface area contributed by atoms with Crippen molar-refractivity contribution in [3.8, 4) is 73.6 Å². The van der Waals surface area contributed by atoms with Gasteiger partial charge >= 0.3 is 0 Å². The Labute approximate surface area is 332 Å². The van der Waals surface area contributed by atoms with Crippen molar-refractivity contribution >= 4 is 0 Å². The van der Waals surface area contributed by atoms with Gasteiger partial charge in [-0.15, -0.1) is 0 Å². The summed E-state index contributed by atoms with van der Waals surface area (Å²) in [5.74, 6) is 1.76. The van der Waals surface area contributed by atoms with E-state index in [-0.39, 0.29) is 0 Å². The standard InChI is InChI=1S/C53H34N4/c54-35-36-25-27-39(28-26-36)45-34-49-46(44-23-13-14-24-48(44)53(49,42-19-9-3-10-20-42)43-21-11-4-12-22-43)33-47(45)52-56-50(40-17-7-2-8-18-40)55-51(57-52)41-31-29-38(30-32-41)37-15-5-1-6-16-37/h1-34H. The van der Waals surface area contributed by atoms with Gasteiger partial charge in [0.2, 0.25) is 0 Å². The van der Waals surface area contributed by atoms with E-state index in [1.807, 2.05) is 60.7 Å². The molecule has 9 aromatic rings. The van der Waals surface area contributed by atoms with Gasteiger partial charge in [0.05, 0.1) is 17.0 Å². The first-order valence-corrected chi connectivity index (χ1v) is 19.1. The van der Waals surface area contributed by atoms with E-state index in [9.17, 15) is 5.26 Å². The van der Waals surface area contributed by atoms with Gasteiger partial charge < -0.3 is 0 Å². The van der Waals surface area contributed by atoms with Crippen molar-refractivity contribution in [1.82, 2.24) is 15.0 Å². The number of aromatic nitrogens is 3. The van der Waals surface area contributed by atoms with Gasteiger partial charge in [-0.2, -0.15) is 5.26 Å². The summed E-state index contributed by atoms with van der Waals surface area (Å²) in [5, 5.41) is 9.76. The average Bonchev–Trinajstić information content (AvgIpc) is 3.60. The van der Waals surface area contributed by atoms with Crippen molar-refractivity contribution in [2.45, 2.75) is 5.41 Å². The zero-order valence-corrected chi connectivity index (χ0v) is 30.9. The van der Waals surface area contributed by atoms with Crippen LogP contribution >= 0.6 is 0 Å². The summed E-state index contributed by atoms with van der Waals surface area (Å²) in [7, 11) is 0. The summed E-state index contributed by atoms with van der Waals surface area (Å²) in [4.78, 5) is 15.6. The first-order valence-electron chi connectivity index (χ1n) is 19.1. The van der Waals surface area contributed by atoms with Gasteiger partial charge in [0.1, 0.15) is 0 Å². The van der Waals surface area contributed by atoms with E-state index in [2.05, 4.69) is 152 Å². The fourth-order valence-corrected chi connectivity index (χ4v) is 8.42. The molecule has 1 heterocycles. The largest absolute Gasteiger partial charge is 0.208 e. The van der Waals surface area contributed by atoms with Crippen LogP contribution < -0.4 is 0 Å². The first-order chi connectivity index (χ1) is 28.2. The Hall–Kier alpha value is -7.74. The zero-order valence-electron chi connectivity index (χ0n) is 30.9. The highest BCUT2D eigenvalue weighted by molar-refractivity contribution is 5.94. The molecule has 0 fully saturated rings. The zero-order chi connectivity index (χ0) is 38.2. The van der Waals surface area contributed by atoms with Crippen molar-refractivity contribution in [3.63, 3.8) is 0 Å². The highest BCUT2D eigenvalue weighted by atomic mass is 15.0. The maximum atomic E-state index is 9.76. The Morgan fingerprint density at radius 2 is 0.789 bits per heavy atom. The minimum absolute atomic E-state index is 0.572.